The van der Waals surface area contributed by atoms with Crippen LogP contribution in [0.5, 0.6) is 0 Å². The Morgan fingerprint density at radius 2 is 1.47 bits per heavy atom. The maximum Gasteiger partial charge on any atom is 0.163 e. The van der Waals surface area contributed by atoms with Crippen LogP contribution in [0.1, 0.15) is 43.7 Å². The Labute approximate surface area is 182 Å². The first-order chi connectivity index (χ1) is 14.4. The number of hydrogen-bond acceptors (Lipinski definition) is 2. The highest BCUT2D eigenvalue weighted by Gasteiger charge is 2.53. The molecule has 3 saturated heterocycles. The van der Waals surface area contributed by atoms with Crippen molar-refractivity contribution in [2.75, 3.05) is 30.9 Å². The fraction of sp³-hybridized carbons (Fsp3) is 0.538. The number of benzene rings is 2. The third-order valence-corrected chi connectivity index (χ3v) is 11.7. The van der Waals surface area contributed by atoms with E-state index in [1.807, 2.05) is 60.7 Å². The van der Waals surface area contributed by atoms with E-state index in [2.05, 4.69) is 22.8 Å². The van der Waals surface area contributed by atoms with Gasteiger partial charge in [0.15, 0.2) is 5.67 Å². The number of hydrogen-bond donors (Lipinski definition) is 1. The summed E-state index contributed by atoms with van der Waals surface area (Å²) in [7, 11) is -0.794. The van der Waals surface area contributed by atoms with Crippen LogP contribution in [0.15, 0.2) is 60.7 Å². The summed E-state index contributed by atoms with van der Waals surface area (Å²) in [6.07, 6.45) is 7.07. The number of halogens is 1. The maximum atomic E-state index is 17.0. The van der Waals surface area contributed by atoms with E-state index in [4.69, 9.17) is 0 Å². The van der Waals surface area contributed by atoms with Crippen LogP contribution in [-0.4, -0.2) is 46.7 Å². The summed E-state index contributed by atoms with van der Waals surface area (Å²) >= 11 is 0. The normalized spacial score (nSPS) is 33.7. The minimum absolute atomic E-state index is 0.0442. The van der Waals surface area contributed by atoms with E-state index < -0.39 is 15.9 Å². The van der Waals surface area contributed by atoms with Gasteiger partial charge in [-0.1, -0.05) is 60.7 Å². The summed E-state index contributed by atoms with van der Waals surface area (Å²) in [5.41, 5.74) is 0.602. The summed E-state index contributed by atoms with van der Waals surface area (Å²) in [6, 6.07) is 20.4. The van der Waals surface area contributed by atoms with Gasteiger partial charge in [-0.05, 0) is 61.5 Å². The standard InChI is InChI=1S/C26H35FN2S/c1-21-13-16-25(28-21)19-29(20-25)30(2)17-14-24(15-18-30)26(27,22-9-5-3-6-10-22)23-11-7-4-8-12-23/h3-12,21,24,28H,13-20H2,1-2H3. The van der Waals surface area contributed by atoms with Crippen LogP contribution >= 0.6 is 10.2 Å². The molecule has 0 bridgehead atoms. The van der Waals surface area contributed by atoms with Crippen LogP contribution < -0.4 is 5.32 Å². The smallest absolute Gasteiger partial charge is 0.163 e. The molecule has 3 heterocycles. The first-order valence-electron chi connectivity index (χ1n) is 11.5. The van der Waals surface area contributed by atoms with Crippen molar-refractivity contribution >= 4 is 10.2 Å². The Hall–Kier alpha value is -1.36. The molecule has 1 N–H and O–H groups in total. The van der Waals surface area contributed by atoms with Gasteiger partial charge in [0, 0.05) is 30.6 Å². The molecule has 3 aliphatic heterocycles. The predicted octanol–water partition coefficient (Wildman–Crippen LogP) is 5.49. The Bertz CT molecular complexity index is 818. The van der Waals surface area contributed by atoms with Crippen molar-refractivity contribution in [2.45, 2.75) is 49.9 Å². The summed E-state index contributed by atoms with van der Waals surface area (Å²) in [4.78, 5) is 0. The predicted molar refractivity (Wildman–Crippen MR) is 127 cm³/mol. The van der Waals surface area contributed by atoms with Gasteiger partial charge in [0.1, 0.15) is 0 Å². The van der Waals surface area contributed by atoms with Crippen LogP contribution in [-0.2, 0) is 5.67 Å². The fourth-order valence-electron chi connectivity index (χ4n) is 6.04. The van der Waals surface area contributed by atoms with E-state index in [1.54, 1.807) is 0 Å². The van der Waals surface area contributed by atoms with Crippen molar-refractivity contribution in [3.63, 3.8) is 0 Å². The molecule has 3 fully saturated rings. The molecule has 2 nitrogen and oxygen atoms in total. The lowest BCUT2D eigenvalue weighted by Gasteiger charge is -2.61. The lowest BCUT2D eigenvalue weighted by molar-refractivity contribution is 0.112. The van der Waals surface area contributed by atoms with E-state index in [-0.39, 0.29) is 5.92 Å². The number of alkyl halides is 1. The summed E-state index contributed by atoms with van der Waals surface area (Å²) in [6.45, 7) is 4.71. The van der Waals surface area contributed by atoms with E-state index in [0.717, 1.165) is 35.5 Å². The average Bonchev–Trinajstić information content (AvgIpc) is 3.16. The summed E-state index contributed by atoms with van der Waals surface area (Å²) < 4.78 is 19.7. The third-order valence-electron chi connectivity index (χ3n) is 7.95. The Morgan fingerprint density at radius 3 is 1.93 bits per heavy atom. The molecule has 0 aliphatic carbocycles. The van der Waals surface area contributed by atoms with Crippen molar-refractivity contribution in [3.8, 4) is 0 Å². The molecule has 0 amide bonds. The van der Waals surface area contributed by atoms with E-state index >= 15 is 4.39 Å². The number of rotatable bonds is 4. The fourth-order valence-corrected chi connectivity index (χ4v) is 9.47. The second-order valence-corrected chi connectivity index (χ2v) is 13.8. The monoisotopic (exact) mass is 426 g/mol. The van der Waals surface area contributed by atoms with Gasteiger partial charge < -0.3 is 5.32 Å². The molecule has 0 aromatic heterocycles. The van der Waals surface area contributed by atoms with Crippen LogP contribution in [0.4, 0.5) is 4.39 Å². The van der Waals surface area contributed by atoms with Gasteiger partial charge in [-0.2, -0.15) is 10.2 Å². The maximum absolute atomic E-state index is 17.0. The van der Waals surface area contributed by atoms with Crippen LogP contribution in [0.2, 0.25) is 0 Å². The quantitative estimate of drug-likeness (QED) is 0.696. The molecule has 162 valence electrons. The molecule has 3 aliphatic rings. The van der Waals surface area contributed by atoms with Gasteiger partial charge in [-0.15, -0.1) is 0 Å². The summed E-state index contributed by atoms with van der Waals surface area (Å²) in [5, 5.41) is 3.84. The lowest BCUT2D eigenvalue weighted by Crippen LogP contribution is -2.68. The third kappa shape index (κ3) is 3.41. The number of nitrogens with one attached hydrogen (secondary N) is 1. The Balaban J connectivity index is 1.33. The zero-order chi connectivity index (χ0) is 20.8. The number of nitrogens with zero attached hydrogens (tertiary/aromatic N) is 1. The lowest BCUT2D eigenvalue weighted by atomic mass is 9.75. The van der Waals surface area contributed by atoms with Gasteiger partial charge in [-0.25, -0.2) is 4.39 Å². The van der Waals surface area contributed by atoms with Crippen LogP contribution in [0.25, 0.3) is 0 Å². The van der Waals surface area contributed by atoms with Gasteiger partial charge in [0.25, 0.3) is 0 Å². The largest absolute Gasteiger partial charge is 0.306 e. The van der Waals surface area contributed by atoms with Crippen molar-refractivity contribution in [3.05, 3.63) is 71.8 Å². The van der Waals surface area contributed by atoms with Gasteiger partial charge in [-0.3, -0.25) is 4.31 Å². The highest BCUT2D eigenvalue weighted by Crippen LogP contribution is 2.60. The molecule has 0 saturated carbocycles. The topological polar surface area (TPSA) is 15.3 Å². The zero-order valence-corrected chi connectivity index (χ0v) is 19.1. The van der Waals surface area contributed by atoms with Crippen LogP contribution in [0, 0.1) is 5.92 Å². The first-order valence-corrected chi connectivity index (χ1v) is 13.8. The molecular formula is C26H35FN2S. The minimum Gasteiger partial charge on any atom is -0.306 e. The van der Waals surface area contributed by atoms with E-state index in [1.165, 1.54) is 25.9 Å². The molecule has 5 rings (SSSR count). The van der Waals surface area contributed by atoms with Crippen molar-refractivity contribution in [1.82, 2.24) is 9.62 Å². The SMILES string of the molecule is CC1CCC2(CN(S3(C)CCC(C(F)(c4ccccc4)c4ccccc4)CC3)C2)N1. The second-order valence-electron chi connectivity index (χ2n) is 10.0. The van der Waals surface area contributed by atoms with Crippen molar-refractivity contribution in [2.24, 2.45) is 5.92 Å². The Morgan fingerprint density at radius 1 is 0.933 bits per heavy atom. The molecular weight excluding hydrogens is 391 g/mol. The Kier molecular flexibility index (Phi) is 5.24. The second kappa shape index (κ2) is 7.65. The van der Waals surface area contributed by atoms with Crippen molar-refractivity contribution in [1.29, 1.82) is 0 Å². The van der Waals surface area contributed by atoms with Gasteiger partial charge in [0.05, 0.1) is 0 Å². The molecule has 2 aromatic rings. The molecule has 30 heavy (non-hydrogen) atoms. The minimum atomic E-state index is -1.40. The average molecular weight is 427 g/mol. The van der Waals surface area contributed by atoms with Crippen molar-refractivity contribution < 1.29 is 4.39 Å². The van der Waals surface area contributed by atoms with E-state index in [9.17, 15) is 0 Å². The van der Waals surface area contributed by atoms with Gasteiger partial charge in [0.2, 0.25) is 0 Å². The highest BCUT2D eigenvalue weighted by molar-refractivity contribution is 8.31. The molecule has 4 heteroatoms. The van der Waals surface area contributed by atoms with Crippen LogP contribution in [0.3, 0.4) is 0 Å². The molecule has 1 spiro atoms. The van der Waals surface area contributed by atoms with E-state index in [0.29, 0.717) is 11.6 Å². The molecule has 0 radical (unpaired) electrons. The highest BCUT2D eigenvalue weighted by atomic mass is 32.3. The zero-order valence-electron chi connectivity index (χ0n) is 18.3. The van der Waals surface area contributed by atoms with Gasteiger partial charge >= 0.3 is 0 Å². The summed E-state index contributed by atoms with van der Waals surface area (Å²) in [5.74, 6) is 2.37. The molecule has 2 aromatic carbocycles. The molecule has 1 unspecified atom stereocenters. The first kappa shape index (κ1) is 20.5. The molecule has 1 atom stereocenters.